The van der Waals surface area contributed by atoms with Crippen LogP contribution in [0.2, 0.25) is 0 Å². The molecule has 6 heteroatoms. The van der Waals surface area contributed by atoms with Crippen molar-refractivity contribution in [1.82, 2.24) is 10.2 Å². The van der Waals surface area contributed by atoms with E-state index < -0.39 is 6.10 Å². The molecular formula is C20H34N2O3S. The topological polar surface area (TPSA) is 54.0 Å². The Hall–Kier alpha value is -0.950. The van der Waals surface area contributed by atoms with Crippen molar-refractivity contribution in [3.63, 3.8) is 0 Å². The molecule has 1 atom stereocenters. The molecule has 1 saturated heterocycles. The highest BCUT2D eigenvalue weighted by atomic mass is 32.2. The minimum atomic E-state index is -0.480. The summed E-state index contributed by atoms with van der Waals surface area (Å²) in [6, 6.07) is 6.00. The van der Waals surface area contributed by atoms with Crippen LogP contribution in [-0.4, -0.2) is 68.0 Å². The molecule has 0 aliphatic carbocycles. The van der Waals surface area contributed by atoms with Gasteiger partial charge in [0.05, 0.1) is 7.11 Å². The summed E-state index contributed by atoms with van der Waals surface area (Å²) in [7, 11) is 1.65. The summed E-state index contributed by atoms with van der Waals surface area (Å²) in [6.07, 6.45) is 6.58. The van der Waals surface area contributed by atoms with E-state index in [1.54, 1.807) is 7.11 Å². The lowest BCUT2D eigenvalue weighted by atomic mass is 10.1. The standard InChI is InChI=1S/C20H34N2O3S/c1-24-19-8-7-17(14-21-9-6-12-26-2)13-20(19)25-16-18(23)15-22-10-4-3-5-11-22/h7-8,13,18,21,23H,3-6,9-12,14-16H2,1-2H3/t18-/m0/s1. The summed E-state index contributed by atoms with van der Waals surface area (Å²) < 4.78 is 11.3. The molecule has 2 N–H and O–H groups in total. The van der Waals surface area contributed by atoms with E-state index in [9.17, 15) is 5.11 Å². The summed E-state index contributed by atoms with van der Waals surface area (Å²) >= 11 is 1.87. The first-order valence-electron chi connectivity index (χ1n) is 9.62. The van der Waals surface area contributed by atoms with E-state index in [0.717, 1.165) is 31.7 Å². The van der Waals surface area contributed by atoms with Crippen molar-refractivity contribution >= 4 is 11.8 Å². The third-order valence-electron chi connectivity index (χ3n) is 4.61. The van der Waals surface area contributed by atoms with Crippen LogP contribution < -0.4 is 14.8 Å². The number of thioether (sulfide) groups is 1. The van der Waals surface area contributed by atoms with E-state index in [1.807, 2.05) is 23.9 Å². The zero-order valence-electron chi connectivity index (χ0n) is 16.2. The summed E-state index contributed by atoms with van der Waals surface area (Å²) in [6.45, 7) is 4.95. The van der Waals surface area contributed by atoms with Crippen molar-refractivity contribution in [3.8, 4) is 11.5 Å². The van der Waals surface area contributed by atoms with E-state index >= 15 is 0 Å². The van der Waals surface area contributed by atoms with Gasteiger partial charge in [0.15, 0.2) is 11.5 Å². The minimum Gasteiger partial charge on any atom is -0.493 e. The molecule has 1 aromatic rings. The van der Waals surface area contributed by atoms with Crippen LogP contribution in [0, 0.1) is 0 Å². The molecule has 0 radical (unpaired) electrons. The van der Waals surface area contributed by atoms with E-state index in [4.69, 9.17) is 9.47 Å². The van der Waals surface area contributed by atoms with Gasteiger partial charge in [-0.15, -0.1) is 0 Å². The average molecular weight is 383 g/mol. The predicted molar refractivity (Wildman–Crippen MR) is 109 cm³/mol. The molecule has 0 bridgehead atoms. The Morgan fingerprint density at radius 2 is 2.04 bits per heavy atom. The molecule has 0 spiro atoms. The summed E-state index contributed by atoms with van der Waals surface area (Å²) in [5, 5.41) is 13.8. The Morgan fingerprint density at radius 3 is 2.77 bits per heavy atom. The smallest absolute Gasteiger partial charge is 0.161 e. The molecule has 1 aromatic carbocycles. The van der Waals surface area contributed by atoms with Crippen molar-refractivity contribution in [1.29, 1.82) is 0 Å². The average Bonchev–Trinajstić information content (AvgIpc) is 2.67. The number of likely N-dealkylation sites (tertiary alicyclic amines) is 1. The van der Waals surface area contributed by atoms with E-state index in [2.05, 4.69) is 22.5 Å². The summed E-state index contributed by atoms with van der Waals surface area (Å²) in [5.74, 6) is 2.59. The SMILES string of the molecule is COc1ccc(CNCCCSC)cc1OC[C@@H](O)CN1CCCCC1. The quantitative estimate of drug-likeness (QED) is 0.542. The van der Waals surface area contributed by atoms with Crippen LogP contribution in [0.5, 0.6) is 11.5 Å². The monoisotopic (exact) mass is 382 g/mol. The number of nitrogens with one attached hydrogen (secondary N) is 1. The molecule has 1 fully saturated rings. The van der Waals surface area contributed by atoms with Crippen molar-refractivity contribution in [3.05, 3.63) is 23.8 Å². The largest absolute Gasteiger partial charge is 0.493 e. The number of ether oxygens (including phenoxy) is 2. The zero-order chi connectivity index (χ0) is 18.6. The fourth-order valence-corrected chi connectivity index (χ4v) is 3.63. The van der Waals surface area contributed by atoms with Crippen LogP contribution >= 0.6 is 11.8 Å². The Bertz CT molecular complexity index is 510. The first-order valence-corrected chi connectivity index (χ1v) is 11.0. The molecule has 1 aliphatic heterocycles. The van der Waals surface area contributed by atoms with Crippen LogP contribution in [-0.2, 0) is 6.54 Å². The molecule has 26 heavy (non-hydrogen) atoms. The van der Waals surface area contributed by atoms with E-state index in [1.165, 1.54) is 31.4 Å². The molecule has 0 aromatic heterocycles. The second-order valence-electron chi connectivity index (χ2n) is 6.83. The molecular weight excluding hydrogens is 348 g/mol. The Morgan fingerprint density at radius 1 is 1.23 bits per heavy atom. The highest BCUT2D eigenvalue weighted by Gasteiger charge is 2.16. The van der Waals surface area contributed by atoms with Crippen LogP contribution in [0.25, 0.3) is 0 Å². The highest BCUT2D eigenvalue weighted by Crippen LogP contribution is 2.28. The Labute approximate surface area is 162 Å². The molecule has 2 rings (SSSR count). The lowest BCUT2D eigenvalue weighted by molar-refractivity contribution is 0.0608. The summed E-state index contributed by atoms with van der Waals surface area (Å²) in [5.41, 5.74) is 1.16. The second-order valence-corrected chi connectivity index (χ2v) is 7.82. The molecule has 0 amide bonds. The van der Waals surface area contributed by atoms with Gasteiger partial charge in [-0.25, -0.2) is 0 Å². The third kappa shape index (κ3) is 7.74. The Balaban J connectivity index is 1.80. The molecule has 0 saturated carbocycles. The first-order chi connectivity index (χ1) is 12.7. The number of hydrogen-bond acceptors (Lipinski definition) is 6. The number of hydrogen-bond donors (Lipinski definition) is 2. The maximum Gasteiger partial charge on any atom is 0.161 e. The number of aliphatic hydroxyl groups is 1. The van der Waals surface area contributed by atoms with Crippen LogP contribution in [0.4, 0.5) is 0 Å². The van der Waals surface area contributed by atoms with Crippen LogP contribution in [0.1, 0.15) is 31.2 Å². The lowest BCUT2D eigenvalue weighted by Crippen LogP contribution is -2.38. The lowest BCUT2D eigenvalue weighted by Gasteiger charge is -2.28. The maximum atomic E-state index is 10.3. The molecule has 1 heterocycles. The molecule has 5 nitrogen and oxygen atoms in total. The van der Waals surface area contributed by atoms with Gasteiger partial charge in [-0.3, -0.25) is 0 Å². The number of aliphatic hydroxyl groups excluding tert-OH is 1. The number of β-amino-alcohol motifs (C(OH)–C–C–N with tert-alkyl or cyclic N) is 1. The van der Waals surface area contributed by atoms with E-state index in [0.29, 0.717) is 18.0 Å². The normalized spacial score (nSPS) is 16.4. The van der Waals surface area contributed by atoms with Crippen molar-refractivity contribution in [2.45, 2.75) is 38.3 Å². The second kappa shape index (κ2) is 12.4. The Kier molecular flexibility index (Phi) is 10.2. The predicted octanol–water partition coefficient (Wildman–Crippen LogP) is 2.76. The fourth-order valence-electron chi connectivity index (χ4n) is 3.20. The minimum absolute atomic E-state index is 0.289. The third-order valence-corrected chi connectivity index (χ3v) is 5.30. The van der Waals surface area contributed by atoms with Crippen molar-refractivity contribution < 1.29 is 14.6 Å². The maximum absolute atomic E-state index is 10.3. The van der Waals surface area contributed by atoms with Crippen molar-refractivity contribution in [2.75, 3.05) is 51.9 Å². The van der Waals surface area contributed by atoms with Gasteiger partial charge in [0.25, 0.3) is 0 Å². The van der Waals surface area contributed by atoms with E-state index in [-0.39, 0.29) is 6.61 Å². The van der Waals surface area contributed by atoms with Gasteiger partial charge in [0.1, 0.15) is 12.7 Å². The molecule has 0 unspecified atom stereocenters. The number of nitrogens with zero attached hydrogens (tertiary/aromatic N) is 1. The van der Waals surface area contributed by atoms with Gasteiger partial charge in [-0.05, 0) is 68.6 Å². The molecule has 1 aliphatic rings. The number of rotatable bonds is 12. The summed E-state index contributed by atoms with van der Waals surface area (Å²) in [4.78, 5) is 2.32. The van der Waals surface area contributed by atoms with Crippen LogP contribution in [0.3, 0.4) is 0 Å². The van der Waals surface area contributed by atoms with Crippen LogP contribution in [0.15, 0.2) is 18.2 Å². The van der Waals surface area contributed by atoms with Crippen molar-refractivity contribution in [2.24, 2.45) is 0 Å². The van der Waals surface area contributed by atoms with Gasteiger partial charge < -0.3 is 24.8 Å². The van der Waals surface area contributed by atoms with Gasteiger partial charge in [-0.1, -0.05) is 12.5 Å². The molecule has 148 valence electrons. The van der Waals surface area contributed by atoms with Gasteiger partial charge in [-0.2, -0.15) is 11.8 Å². The number of piperidine rings is 1. The first kappa shape index (κ1) is 21.4. The van der Waals surface area contributed by atoms with Gasteiger partial charge in [0.2, 0.25) is 0 Å². The zero-order valence-corrected chi connectivity index (χ0v) is 17.0. The fraction of sp³-hybridized carbons (Fsp3) is 0.700. The highest BCUT2D eigenvalue weighted by molar-refractivity contribution is 7.98. The van der Waals surface area contributed by atoms with Gasteiger partial charge >= 0.3 is 0 Å². The van der Waals surface area contributed by atoms with Gasteiger partial charge in [0, 0.05) is 13.1 Å². The number of benzene rings is 1. The number of methoxy groups -OCH3 is 1.